The van der Waals surface area contributed by atoms with Crippen LogP contribution in [-0.2, 0) is 17.6 Å². The summed E-state index contributed by atoms with van der Waals surface area (Å²) in [5.41, 5.74) is 1.23. The predicted molar refractivity (Wildman–Crippen MR) is 81.4 cm³/mol. The van der Waals surface area contributed by atoms with E-state index in [4.69, 9.17) is 23.2 Å². The van der Waals surface area contributed by atoms with Gasteiger partial charge < -0.3 is 5.11 Å². The van der Waals surface area contributed by atoms with Gasteiger partial charge in [0.05, 0.1) is 10.9 Å². The first kappa shape index (κ1) is 15.8. The van der Waals surface area contributed by atoms with Gasteiger partial charge in [-0.15, -0.1) is 0 Å². The predicted octanol–water partition coefficient (Wildman–Crippen LogP) is 4.62. The van der Waals surface area contributed by atoms with Crippen LogP contribution in [0.5, 0.6) is 0 Å². The molecule has 0 fully saturated rings. The molecule has 0 heterocycles. The quantitative estimate of drug-likeness (QED) is 0.870. The number of halogens is 3. The van der Waals surface area contributed by atoms with Crippen LogP contribution in [0.3, 0.4) is 0 Å². The van der Waals surface area contributed by atoms with Gasteiger partial charge in [0.1, 0.15) is 5.82 Å². The second-order valence-corrected chi connectivity index (χ2v) is 5.53. The molecule has 21 heavy (non-hydrogen) atoms. The van der Waals surface area contributed by atoms with Crippen molar-refractivity contribution in [3.05, 3.63) is 69.5 Å². The Hall–Kier alpha value is -1.58. The van der Waals surface area contributed by atoms with E-state index < -0.39 is 17.7 Å². The lowest BCUT2D eigenvalue weighted by Crippen LogP contribution is -2.19. The number of aliphatic carboxylic acids is 1. The average molecular weight is 327 g/mol. The molecule has 0 amide bonds. The largest absolute Gasteiger partial charge is 0.481 e. The third-order valence-corrected chi connectivity index (χ3v) is 4.06. The Labute approximate surface area is 132 Å². The summed E-state index contributed by atoms with van der Waals surface area (Å²) in [4.78, 5) is 11.4. The zero-order chi connectivity index (χ0) is 15.4. The number of benzene rings is 2. The molecule has 0 spiro atoms. The Bertz CT molecular complexity index is 658. The summed E-state index contributed by atoms with van der Waals surface area (Å²) in [5.74, 6) is -2.23. The molecule has 1 unspecified atom stereocenters. The van der Waals surface area contributed by atoms with Crippen LogP contribution < -0.4 is 0 Å². The summed E-state index contributed by atoms with van der Waals surface area (Å²) < 4.78 is 13.4. The third-order valence-electron chi connectivity index (χ3n) is 3.27. The van der Waals surface area contributed by atoms with E-state index in [2.05, 4.69) is 0 Å². The highest BCUT2D eigenvalue weighted by molar-refractivity contribution is 6.31. The second-order valence-electron chi connectivity index (χ2n) is 4.75. The number of carboxylic acids is 1. The van der Waals surface area contributed by atoms with Gasteiger partial charge in [0, 0.05) is 5.02 Å². The number of carboxylic acid groups (broad SMARTS) is 1. The molecular weight excluding hydrogens is 314 g/mol. The summed E-state index contributed by atoms with van der Waals surface area (Å²) in [6.45, 7) is 0. The van der Waals surface area contributed by atoms with E-state index in [1.54, 1.807) is 30.3 Å². The number of hydrogen-bond acceptors (Lipinski definition) is 1. The first-order valence-corrected chi connectivity index (χ1v) is 7.13. The van der Waals surface area contributed by atoms with Gasteiger partial charge in [-0.25, -0.2) is 4.39 Å². The summed E-state index contributed by atoms with van der Waals surface area (Å²) in [6.07, 6.45) is 0.416. The minimum Gasteiger partial charge on any atom is -0.481 e. The summed E-state index contributed by atoms with van der Waals surface area (Å²) >= 11 is 11.9. The van der Waals surface area contributed by atoms with Crippen molar-refractivity contribution in [2.75, 3.05) is 0 Å². The van der Waals surface area contributed by atoms with Crippen molar-refractivity contribution in [2.24, 2.45) is 5.92 Å². The molecule has 1 atom stereocenters. The molecule has 0 bridgehead atoms. The highest BCUT2D eigenvalue weighted by Crippen LogP contribution is 2.26. The van der Waals surface area contributed by atoms with Crippen molar-refractivity contribution >= 4 is 29.2 Å². The highest BCUT2D eigenvalue weighted by atomic mass is 35.5. The van der Waals surface area contributed by atoms with E-state index in [0.29, 0.717) is 10.6 Å². The standard InChI is InChI=1S/C16H13Cl2FO2/c17-13-6-2-1-4-10(13)8-12(16(20)21)9-11-5-3-7-14(19)15(11)18/h1-7,12H,8-9H2,(H,20,21). The summed E-state index contributed by atoms with van der Waals surface area (Å²) in [5, 5.41) is 9.86. The fourth-order valence-corrected chi connectivity index (χ4v) is 2.56. The summed E-state index contributed by atoms with van der Waals surface area (Å²) in [7, 11) is 0. The van der Waals surface area contributed by atoms with Gasteiger partial charge in [0.25, 0.3) is 0 Å². The van der Waals surface area contributed by atoms with E-state index in [-0.39, 0.29) is 17.9 Å². The smallest absolute Gasteiger partial charge is 0.307 e. The molecule has 110 valence electrons. The molecule has 0 aliphatic heterocycles. The van der Waals surface area contributed by atoms with E-state index in [1.165, 1.54) is 12.1 Å². The maximum atomic E-state index is 13.4. The zero-order valence-electron chi connectivity index (χ0n) is 11.0. The van der Waals surface area contributed by atoms with Gasteiger partial charge in [-0.2, -0.15) is 0 Å². The molecule has 0 aliphatic rings. The molecule has 0 radical (unpaired) electrons. The van der Waals surface area contributed by atoms with Crippen molar-refractivity contribution < 1.29 is 14.3 Å². The van der Waals surface area contributed by atoms with E-state index in [9.17, 15) is 14.3 Å². The molecule has 0 aromatic heterocycles. The lowest BCUT2D eigenvalue weighted by molar-refractivity contribution is -0.141. The van der Waals surface area contributed by atoms with Crippen LogP contribution in [0, 0.1) is 11.7 Å². The van der Waals surface area contributed by atoms with Gasteiger partial charge in [-0.3, -0.25) is 4.79 Å². The van der Waals surface area contributed by atoms with Gasteiger partial charge in [-0.05, 0) is 36.1 Å². The van der Waals surface area contributed by atoms with Crippen molar-refractivity contribution in [1.29, 1.82) is 0 Å². The van der Waals surface area contributed by atoms with Crippen molar-refractivity contribution in [2.45, 2.75) is 12.8 Å². The van der Waals surface area contributed by atoms with E-state index in [1.807, 2.05) is 0 Å². The van der Waals surface area contributed by atoms with Crippen LogP contribution in [-0.4, -0.2) is 11.1 Å². The maximum absolute atomic E-state index is 13.4. The number of rotatable bonds is 5. The van der Waals surface area contributed by atoms with Crippen molar-refractivity contribution in [1.82, 2.24) is 0 Å². The Morgan fingerprint density at radius 1 is 1.05 bits per heavy atom. The lowest BCUT2D eigenvalue weighted by atomic mass is 9.92. The Morgan fingerprint density at radius 2 is 1.67 bits per heavy atom. The van der Waals surface area contributed by atoms with Crippen LogP contribution in [0.25, 0.3) is 0 Å². The molecule has 2 aromatic carbocycles. The molecule has 2 aromatic rings. The Kier molecular flexibility index (Phi) is 5.21. The zero-order valence-corrected chi connectivity index (χ0v) is 12.5. The van der Waals surface area contributed by atoms with Gasteiger partial charge >= 0.3 is 5.97 Å². The van der Waals surface area contributed by atoms with Crippen molar-refractivity contribution in [3.8, 4) is 0 Å². The highest BCUT2D eigenvalue weighted by Gasteiger charge is 2.21. The molecule has 5 heteroatoms. The molecule has 0 aliphatic carbocycles. The normalized spacial score (nSPS) is 12.1. The fourth-order valence-electron chi connectivity index (χ4n) is 2.15. The maximum Gasteiger partial charge on any atom is 0.307 e. The Balaban J connectivity index is 2.22. The minimum atomic E-state index is -0.963. The Morgan fingerprint density at radius 3 is 2.33 bits per heavy atom. The second kappa shape index (κ2) is 6.92. The third kappa shape index (κ3) is 3.96. The molecule has 1 N–H and O–H groups in total. The van der Waals surface area contributed by atoms with Crippen LogP contribution >= 0.6 is 23.2 Å². The molecule has 2 rings (SSSR count). The van der Waals surface area contributed by atoms with Crippen LogP contribution in [0.1, 0.15) is 11.1 Å². The monoisotopic (exact) mass is 326 g/mol. The minimum absolute atomic E-state index is 0.0251. The SMILES string of the molecule is O=C(O)C(Cc1ccccc1Cl)Cc1cccc(F)c1Cl. The van der Waals surface area contributed by atoms with Crippen molar-refractivity contribution in [3.63, 3.8) is 0 Å². The number of hydrogen-bond donors (Lipinski definition) is 1. The topological polar surface area (TPSA) is 37.3 Å². The van der Waals surface area contributed by atoms with Gasteiger partial charge in [0.2, 0.25) is 0 Å². The lowest BCUT2D eigenvalue weighted by Gasteiger charge is -2.14. The average Bonchev–Trinajstić information content (AvgIpc) is 2.45. The van der Waals surface area contributed by atoms with Crippen LogP contribution in [0.15, 0.2) is 42.5 Å². The fraction of sp³-hybridized carbons (Fsp3) is 0.188. The van der Waals surface area contributed by atoms with E-state index in [0.717, 1.165) is 5.56 Å². The first-order chi connectivity index (χ1) is 9.99. The summed E-state index contributed by atoms with van der Waals surface area (Å²) in [6, 6.07) is 11.5. The molecule has 2 nitrogen and oxygen atoms in total. The first-order valence-electron chi connectivity index (χ1n) is 6.38. The van der Waals surface area contributed by atoms with Gasteiger partial charge in [-0.1, -0.05) is 53.5 Å². The van der Waals surface area contributed by atoms with Gasteiger partial charge in [0.15, 0.2) is 0 Å². The van der Waals surface area contributed by atoms with E-state index >= 15 is 0 Å². The van der Waals surface area contributed by atoms with Crippen LogP contribution in [0.4, 0.5) is 4.39 Å². The number of carbonyl (C=O) groups is 1. The molecular formula is C16H13Cl2FO2. The molecule has 0 saturated heterocycles. The molecule has 0 saturated carbocycles. The van der Waals surface area contributed by atoms with Crippen LogP contribution in [0.2, 0.25) is 10.0 Å².